The van der Waals surface area contributed by atoms with Gasteiger partial charge in [0.25, 0.3) is 0 Å². The van der Waals surface area contributed by atoms with Crippen molar-refractivity contribution in [2.45, 2.75) is 24.4 Å². The third kappa shape index (κ3) is 10.8. The first-order chi connectivity index (χ1) is 8.18. The normalized spacial score (nSPS) is 15.9. The van der Waals surface area contributed by atoms with E-state index in [0.717, 1.165) is 0 Å². The molecular weight excluding hydrogens is 312 g/mol. The Labute approximate surface area is 118 Å². The van der Waals surface area contributed by atoms with Gasteiger partial charge in [0.1, 0.15) is 24.4 Å². The summed E-state index contributed by atoms with van der Waals surface area (Å²) < 4.78 is 0. The van der Waals surface area contributed by atoms with Crippen LogP contribution in [0.2, 0.25) is 0 Å². The van der Waals surface area contributed by atoms with E-state index >= 15 is 0 Å². The molecule has 19 heavy (non-hydrogen) atoms. The number of hydrogen-bond donors (Lipinski definition) is 6. The molecule has 4 atom stereocenters. The molecule has 0 bridgehead atoms. The first-order valence-electron chi connectivity index (χ1n) is 4.54. The van der Waals surface area contributed by atoms with Crippen molar-refractivity contribution >= 4 is 11.9 Å². The maximum absolute atomic E-state index is 9.67. The Balaban J connectivity index is -0.000000256. The number of aliphatic hydroxyl groups excluding tert-OH is 6. The fraction of sp³-hybridized carbons (Fsp3) is 0.750. The smallest absolute Gasteiger partial charge is 0.547 e. The Morgan fingerprint density at radius 3 is 1.05 bits per heavy atom. The quantitative estimate of drug-likeness (QED) is 0.254. The van der Waals surface area contributed by atoms with Gasteiger partial charge in [-0.1, -0.05) is 0 Å². The van der Waals surface area contributed by atoms with E-state index in [4.69, 9.17) is 30.6 Å². The number of aliphatic carboxylic acids is 2. The van der Waals surface area contributed by atoms with Crippen molar-refractivity contribution in [2.24, 2.45) is 0 Å². The van der Waals surface area contributed by atoms with Crippen molar-refractivity contribution in [3.8, 4) is 0 Å². The van der Waals surface area contributed by atoms with Crippen molar-refractivity contribution in [3.63, 3.8) is 0 Å². The van der Waals surface area contributed by atoms with E-state index in [1.807, 2.05) is 0 Å². The molecule has 0 saturated carbocycles. The molecule has 114 valence electrons. The number of carboxylic acids is 2. The van der Waals surface area contributed by atoms with E-state index < -0.39 is 49.6 Å². The number of aliphatic hydroxyl groups is 6. The van der Waals surface area contributed by atoms with Crippen LogP contribution in [0, 0.1) is 0 Å². The van der Waals surface area contributed by atoms with E-state index in [0.29, 0.717) is 0 Å². The minimum atomic E-state index is -2.00. The number of carboxylic acid groups (broad SMARTS) is 2. The fourth-order valence-corrected chi connectivity index (χ4v) is 0.514. The molecule has 0 heterocycles. The number of rotatable bonds is 6. The Morgan fingerprint density at radius 2 is 1.00 bits per heavy atom. The van der Waals surface area contributed by atoms with Crippen LogP contribution in [0.25, 0.3) is 0 Å². The van der Waals surface area contributed by atoms with Crippen molar-refractivity contribution in [3.05, 3.63) is 0 Å². The van der Waals surface area contributed by atoms with Crippen molar-refractivity contribution < 1.29 is 67.5 Å². The van der Waals surface area contributed by atoms with E-state index in [1.165, 1.54) is 0 Å². The average molecular weight is 326 g/mol. The third-order valence-electron chi connectivity index (χ3n) is 1.59. The van der Waals surface area contributed by atoms with Gasteiger partial charge in [-0.2, -0.15) is 0 Å². The first kappa shape index (κ1) is 23.3. The molecule has 0 spiro atoms. The van der Waals surface area contributed by atoms with Gasteiger partial charge in [-0.05, 0) is 0 Å². The Hall–Kier alpha value is -0.781. The third-order valence-corrected chi connectivity index (χ3v) is 1.59. The van der Waals surface area contributed by atoms with Crippen LogP contribution in [0.4, 0.5) is 0 Å². The molecule has 0 aromatic rings. The Bertz CT molecular complexity index is 234. The molecule has 0 aliphatic heterocycles. The first-order valence-corrected chi connectivity index (χ1v) is 4.54. The summed E-state index contributed by atoms with van der Waals surface area (Å²) in [5.41, 5.74) is 0. The molecule has 0 fully saturated rings. The van der Waals surface area contributed by atoms with Crippen molar-refractivity contribution in [1.82, 2.24) is 0 Å². The van der Waals surface area contributed by atoms with Gasteiger partial charge in [0.05, 0.1) is 25.2 Å². The van der Waals surface area contributed by atoms with Gasteiger partial charge < -0.3 is 50.4 Å². The van der Waals surface area contributed by atoms with Crippen LogP contribution in [0.15, 0.2) is 0 Å². The molecule has 0 aromatic carbocycles. The summed E-state index contributed by atoms with van der Waals surface area (Å²) >= 11 is 0. The minimum absolute atomic E-state index is 0. The minimum Gasteiger partial charge on any atom is -0.547 e. The van der Waals surface area contributed by atoms with Gasteiger partial charge in [0.15, 0.2) is 0 Å². The van der Waals surface area contributed by atoms with Gasteiger partial charge in [-0.25, -0.2) is 0 Å². The molecule has 0 amide bonds. The van der Waals surface area contributed by atoms with Crippen LogP contribution in [-0.4, -0.2) is 80.2 Å². The molecule has 0 aliphatic carbocycles. The second-order valence-corrected chi connectivity index (χ2v) is 3.03. The zero-order valence-electron chi connectivity index (χ0n) is 9.39. The topological polar surface area (TPSA) is 202 Å². The summed E-state index contributed by atoms with van der Waals surface area (Å²) in [6.45, 7) is -1.59. The number of hydrogen-bond acceptors (Lipinski definition) is 10. The summed E-state index contributed by atoms with van der Waals surface area (Å²) in [5, 5.41) is 68.8. The fourth-order valence-electron chi connectivity index (χ4n) is 0.514. The molecule has 0 saturated heterocycles. The van der Waals surface area contributed by atoms with Gasteiger partial charge in [0, 0.05) is 0 Å². The van der Waals surface area contributed by atoms with Crippen LogP contribution in [-0.2, 0) is 26.7 Å². The summed E-state index contributed by atoms with van der Waals surface area (Å²) in [4.78, 5) is 19.3. The SMILES string of the molecule is O=C([O-])[C@@H](O)[C@@H](O)CO.O=C([O-])[C@@H](O)[C@@H](O)CO.[Fe+2]. The molecule has 0 radical (unpaired) electrons. The van der Waals surface area contributed by atoms with Crippen LogP contribution < -0.4 is 10.2 Å². The average Bonchev–Trinajstić information content (AvgIpc) is 2.35. The summed E-state index contributed by atoms with van der Waals surface area (Å²) in [6.07, 6.45) is -7.32. The molecule has 0 unspecified atom stereocenters. The molecule has 0 aliphatic rings. The summed E-state index contributed by atoms with van der Waals surface area (Å²) in [6, 6.07) is 0. The molecule has 11 heteroatoms. The molecule has 6 N–H and O–H groups in total. The van der Waals surface area contributed by atoms with Crippen molar-refractivity contribution in [1.29, 1.82) is 0 Å². The van der Waals surface area contributed by atoms with E-state index in [9.17, 15) is 19.8 Å². The predicted octanol–water partition coefficient (Wildman–Crippen LogP) is -7.10. The van der Waals surface area contributed by atoms with E-state index in [-0.39, 0.29) is 17.1 Å². The van der Waals surface area contributed by atoms with Crippen LogP contribution in [0.5, 0.6) is 0 Å². The zero-order chi connectivity index (χ0) is 14.9. The van der Waals surface area contributed by atoms with Crippen LogP contribution in [0.1, 0.15) is 0 Å². The monoisotopic (exact) mass is 326 g/mol. The van der Waals surface area contributed by atoms with Gasteiger partial charge in [0.2, 0.25) is 0 Å². The van der Waals surface area contributed by atoms with Crippen LogP contribution in [0.3, 0.4) is 0 Å². The molecule has 0 rings (SSSR count). The van der Waals surface area contributed by atoms with Gasteiger partial charge in [-0.3, -0.25) is 0 Å². The predicted molar refractivity (Wildman–Crippen MR) is 48.2 cm³/mol. The number of carbonyl (C=O) groups is 2. The summed E-state index contributed by atoms with van der Waals surface area (Å²) in [5.74, 6) is -3.59. The van der Waals surface area contributed by atoms with Crippen molar-refractivity contribution in [2.75, 3.05) is 13.2 Å². The second-order valence-electron chi connectivity index (χ2n) is 3.03. The second kappa shape index (κ2) is 12.3. The maximum Gasteiger partial charge on any atom is 2.00 e. The Morgan fingerprint density at radius 1 is 0.789 bits per heavy atom. The van der Waals surface area contributed by atoms with Gasteiger partial charge >= 0.3 is 17.1 Å². The largest absolute Gasteiger partial charge is 2.00 e. The van der Waals surface area contributed by atoms with Gasteiger partial charge in [-0.15, -0.1) is 0 Å². The van der Waals surface area contributed by atoms with E-state index in [2.05, 4.69) is 0 Å². The molecule has 0 aromatic heterocycles. The summed E-state index contributed by atoms with van der Waals surface area (Å²) in [7, 11) is 0. The number of carbonyl (C=O) groups excluding carboxylic acids is 2. The molecular formula is C8H14FeO10. The van der Waals surface area contributed by atoms with Crippen LogP contribution >= 0.6 is 0 Å². The van der Waals surface area contributed by atoms with E-state index in [1.54, 1.807) is 0 Å². The Kier molecular flexibility index (Phi) is 15.1. The molecule has 10 nitrogen and oxygen atoms in total. The zero-order valence-corrected chi connectivity index (χ0v) is 10.5. The maximum atomic E-state index is 9.67. The standard InChI is InChI=1S/2C4H8O5.Fe/c2*5-1-2(6)3(7)4(8)9;/h2*2-3,5-7H,1H2,(H,8,9);/q;;+2/p-2/t2*2-,3-;/m00./s1.